The number of para-hydroxylation sites is 2. The molecule has 0 fully saturated rings. The topological polar surface area (TPSA) is 20.2 Å². The van der Waals surface area contributed by atoms with E-state index >= 15 is 0 Å². The van der Waals surface area contributed by atoms with Crippen molar-refractivity contribution in [2.75, 3.05) is 20.1 Å². The van der Waals surface area contributed by atoms with Crippen LogP contribution in [0.15, 0.2) is 24.3 Å². The number of quaternary nitrogens is 1. The molecule has 1 rings (SSSR count). The number of benzene rings is 1. The van der Waals surface area contributed by atoms with E-state index in [4.69, 9.17) is 11.6 Å². The summed E-state index contributed by atoms with van der Waals surface area (Å²) in [7, 11) is 3.89. The van der Waals surface area contributed by atoms with Crippen molar-refractivity contribution in [3.05, 3.63) is 24.3 Å². The normalized spacial score (nSPS) is 11.6. The molecule has 0 aliphatic heterocycles. The third-order valence-corrected chi connectivity index (χ3v) is 2.43. The predicted octanol–water partition coefficient (Wildman–Crippen LogP) is 2.16. The van der Waals surface area contributed by atoms with Gasteiger partial charge in [0.15, 0.2) is 17.4 Å². The van der Waals surface area contributed by atoms with Gasteiger partial charge < -0.3 is 5.11 Å². The molecule has 0 amide bonds. The van der Waals surface area contributed by atoms with Crippen LogP contribution in [0.1, 0.15) is 0 Å². The number of nitrogens with zero attached hydrogens (tertiary/aromatic N) is 1. The molecule has 0 spiro atoms. The average Bonchev–Trinajstić information content (AvgIpc) is 2.05. The van der Waals surface area contributed by atoms with Crippen molar-refractivity contribution >= 4 is 17.3 Å². The molecule has 0 aliphatic carbocycles. The van der Waals surface area contributed by atoms with Gasteiger partial charge in [-0.2, -0.15) is 0 Å². The first-order chi connectivity index (χ1) is 5.58. The molecular formula is C9H13ClNO+. The highest BCUT2D eigenvalue weighted by molar-refractivity contribution is 6.18. The van der Waals surface area contributed by atoms with E-state index in [1.54, 1.807) is 12.1 Å². The third kappa shape index (κ3) is 1.71. The van der Waals surface area contributed by atoms with Crippen LogP contribution in [-0.2, 0) is 0 Å². The van der Waals surface area contributed by atoms with Gasteiger partial charge in [0.1, 0.15) is 0 Å². The number of hydrogen-bond donors (Lipinski definition) is 1. The first kappa shape index (κ1) is 9.36. The predicted molar refractivity (Wildman–Crippen MR) is 52.5 cm³/mol. The average molecular weight is 187 g/mol. The molecule has 12 heavy (non-hydrogen) atoms. The van der Waals surface area contributed by atoms with Gasteiger partial charge in [0, 0.05) is 6.07 Å². The van der Waals surface area contributed by atoms with E-state index in [1.807, 2.05) is 26.2 Å². The number of halogens is 1. The number of phenolic OH excluding ortho intramolecular Hbond substituents is 1. The fourth-order valence-corrected chi connectivity index (χ4v) is 1.17. The van der Waals surface area contributed by atoms with E-state index < -0.39 is 0 Å². The van der Waals surface area contributed by atoms with Crippen LogP contribution in [0.5, 0.6) is 5.75 Å². The molecule has 1 aromatic carbocycles. The molecule has 0 heterocycles. The van der Waals surface area contributed by atoms with Gasteiger partial charge >= 0.3 is 0 Å². The van der Waals surface area contributed by atoms with Crippen LogP contribution in [-0.4, -0.2) is 25.2 Å². The number of rotatable bonds is 2. The Kier molecular flexibility index (Phi) is 2.60. The summed E-state index contributed by atoms with van der Waals surface area (Å²) in [5.74, 6) is 0.295. The van der Waals surface area contributed by atoms with Crippen LogP contribution in [0.2, 0.25) is 0 Å². The molecule has 1 N–H and O–H groups in total. The Morgan fingerprint density at radius 2 is 1.92 bits per heavy atom. The van der Waals surface area contributed by atoms with Gasteiger partial charge in [-0.1, -0.05) is 23.7 Å². The van der Waals surface area contributed by atoms with Crippen molar-refractivity contribution in [2.24, 2.45) is 0 Å². The van der Waals surface area contributed by atoms with Crippen LogP contribution >= 0.6 is 11.6 Å². The highest BCUT2D eigenvalue weighted by Gasteiger charge is 2.20. The highest BCUT2D eigenvalue weighted by Crippen LogP contribution is 2.29. The molecule has 66 valence electrons. The van der Waals surface area contributed by atoms with Gasteiger partial charge in [-0.25, -0.2) is 0 Å². The summed E-state index contributed by atoms with van der Waals surface area (Å²) in [5, 5.41) is 9.50. The molecule has 0 unspecified atom stereocenters. The first-order valence-electron chi connectivity index (χ1n) is 3.75. The van der Waals surface area contributed by atoms with Gasteiger partial charge in [-0.3, -0.25) is 4.48 Å². The summed E-state index contributed by atoms with van der Waals surface area (Å²) in [4.78, 5) is 0. The standard InChI is InChI=1S/C9H12ClNO/c1-11(2,7-10)8-5-3-4-6-9(8)12/h3-6H,7H2,1-2H3/p+1. The van der Waals surface area contributed by atoms with Gasteiger partial charge in [-0.15, -0.1) is 0 Å². The fourth-order valence-electron chi connectivity index (χ4n) is 1.04. The van der Waals surface area contributed by atoms with Crippen LogP contribution in [0.3, 0.4) is 0 Å². The SMILES string of the molecule is C[N+](C)(CCl)c1ccccc1O. The lowest BCUT2D eigenvalue weighted by Gasteiger charge is -2.26. The fraction of sp³-hybridized carbons (Fsp3) is 0.333. The quantitative estimate of drug-likeness (QED) is 0.427. The lowest BCUT2D eigenvalue weighted by molar-refractivity contribution is 0.416. The summed E-state index contributed by atoms with van der Waals surface area (Å²) < 4.78 is 0.480. The molecule has 0 aromatic heterocycles. The second-order valence-corrected chi connectivity index (χ2v) is 3.53. The van der Waals surface area contributed by atoms with Crippen molar-refractivity contribution in [3.8, 4) is 5.75 Å². The number of hydrogen-bond acceptors (Lipinski definition) is 1. The summed E-state index contributed by atoms with van der Waals surface area (Å²) in [5.41, 5.74) is 0.840. The minimum Gasteiger partial charge on any atom is -0.503 e. The zero-order valence-electron chi connectivity index (χ0n) is 7.29. The minimum atomic E-state index is 0.295. The van der Waals surface area contributed by atoms with E-state index in [1.165, 1.54) is 0 Å². The monoisotopic (exact) mass is 186 g/mol. The first-order valence-corrected chi connectivity index (χ1v) is 4.29. The molecule has 0 atom stereocenters. The summed E-state index contributed by atoms with van der Waals surface area (Å²) >= 11 is 5.76. The molecule has 0 radical (unpaired) electrons. The second-order valence-electron chi connectivity index (χ2n) is 3.29. The van der Waals surface area contributed by atoms with Crippen LogP contribution < -0.4 is 4.48 Å². The molecule has 0 aliphatic rings. The van der Waals surface area contributed by atoms with E-state index in [0.29, 0.717) is 16.2 Å². The van der Waals surface area contributed by atoms with Crippen molar-refractivity contribution in [1.29, 1.82) is 0 Å². The minimum absolute atomic E-state index is 0.295. The Balaban J connectivity index is 3.10. The van der Waals surface area contributed by atoms with Gasteiger partial charge in [-0.05, 0) is 6.07 Å². The molecule has 0 bridgehead atoms. The largest absolute Gasteiger partial charge is 0.503 e. The lowest BCUT2D eigenvalue weighted by atomic mass is 10.2. The molecule has 0 saturated heterocycles. The maximum atomic E-state index is 9.50. The second kappa shape index (κ2) is 3.33. The van der Waals surface area contributed by atoms with Crippen LogP contribution in [0, 0.1) is 0 Å². The van der Waals surface area contributed by atoms with Gasteiger partial charge in [0.2, 0.25) is 0 Å². The van der Waals surface area contributed by atoms with Crippen molar-refractivity contribution in [2.45, 2.75) is 0 Å². The van der Waals surface area contributed by atoms with E-state index in [-0.39, 0.29) is 0 Å². The maximum Gasteiger partial charge on any atom is 0.177 e. The molecule has 0 saturated carbocycles. The van der Waals surface area contributed by atoms with Gasteiger partial charge in [0.05, 0.1) is 14.1 Å². The van der Waals surface area contributed by atoms with Gasteiger partial charge in [0.25, 0.3) is 0 Å². The van der Waals surface area contributed by atoms with Crippen molar-refractivity contribution in [3.63, 3.8) is 0 Å². The summed E-state index contributed by atoms with van der Waals surface area (Å²) in [6.45, 7) is 0. The Labute approximate surface area is 77.6 Å². The Bertz CT molecular complexity index is 273. The third-order valence-electron chi connectivity index (χ3n) is 1.83. The van der Waals surface area contributed by atoms with Crippen molar-refractivity contribution in [1.82, 2.24) is 4.48 Å². The maximum absolute atomic E-state index is 9.50. The summed E-state index contributed by atoms with van der Waals surface area (Å²) in [6, 6.07) is 7.67. The Morgan fingerprint density at radius 1 is 1.33 bits per heavy atom. The van der Waals surface area contributed by atoms with Crippen LogP contribution in [0.25, 0.3) is 0 Å². The van der Waals surface area contributed by atoms with E-state index in [9.17, 15) is 5.11 Å². The van der Waals surface area contributed by atoms with Crippen LogP contribution in [0.4, 0.5) is 5.69 Å². The number of phenols is 1. The zero-order chi connectivity index (χ0) is 9.19. The highest BCUT2D eigenvalue weighted by atomic mass is 35.5. The van der Waals surface area contributed by atoms with E-state index in [0.717, 1.165) is 5.69 Å². The zero-order valence-corrected chi connectivity index (χ0v) is 8.04. The molecular weight excluding hydrogens is 174 g/mol. The number of aromatic hydroxyl groups is 1. The summed E-state index contributed by atoms with van der Waals surface area (Å²) in [6.07, 6.45) is 0. The van der Waals surface area contributed by atoms with Crippen molar-refractivity contribution < 1.29 is 5.11 Å². The smallest absolute Gasteiger partial charge is 0.177 e. The lowest BCUT2D eigenvalue weighted by Crippen LogP contribution is -2.38. The molecule has 1 aromatic rings. The molecule has 2 nitrogen and oxygen atoms in total. The Morgan fingerprint density at radius 3 is 2.42 bits per heavy atom. The Hall–Kier alpha value is -0.730. The molecule has 3 heteroatoms. The number of alkyl halides is 1. The van der Waals surface area contributed by atoms with E-state index in [2.05, 4.69) is 0 Å².